The summed E-state index contributed by atoms with van der Waals surface area (Å²) < 4.78 is 47.8. The average Bonchev–Trinajstić information content (AvgIpc) is 3.44. The van der Waals surface area contributed by atoms with E-state index in [1.54, 1.807) is 30.3 Å². The molecule has 33 heavy (non-hydrogen) atoms. The number of rotatable bonds is 4. The fraction of sp³-hybridized carbons (Fsp3) is 0.200. The first-order chi connectivity index (χ1) is 15.9. The summed E-state index contributed by atoms with van der Waals surface area (Å²) in [5, 5.41) is 6.82. The first kappa shape index (κ1) is 21.1. The van der Waals surface area contributed by atoms with Gasteiger partial charge in [0.2, 0.25) is 0 Å². The molecule has 5 rings (SSSR count). The lowest BCUT2D eigenvalue weighted by molar-refractivity contribution is -0.142. The molecular weight excluding hydrogens is 431 g/mol. The van der Waals surface area contributed by atoms with Gasteiger partial charge in [0.1, 0.15) is 5.76 Å². The van der Waals surface area contributed by atoms with E-state index < -0.39 is 11.9 Å². The molecule has 0 atom stereocenters. The van der Waals surface area contributed by atoms with Crippen LogP contribution in [0.15, 0.2) is 65.3 Å². The topological polar surface area (TPSA) is 60.1 Å². The molecule has 0 radical (unpaired) electrons. The van der Waals surface area contributed by atoms with E-state index in [-0.39, 0.29) is 17.9 Å². The monoisotopic (exact) mass is 451 g/mol. The van der Waals surface area contributed by atoms with Crippen molar-refractivity contribution in [3.05, 3.63) is 89.0 Å². The molecule has 2 aromatic heterocycles. The Labute approximate surface area is 187 Å². The number of nitrogens with zero attached hydrogens (tertiary/aromatic N) is 2. The number of hydrogen-bond acceptors (Lipinski definition) is 3. The zero-order chi connectivity index (χ0) is 23.2. The number of carbonyl (C=O) groups excluding carboxylic acids is 1. The van der Waals surface area contributed by atoms with Gasteiger partial charge in [0.25, 0.3) is 5.91 Å². The molecule has 0 fully saturated rings. The maximum Gasteiger partial charge on any atom is 0.435 e. The SMILES string of the molecule is CCc1ccccc1NC(=O)c1ccc(-n2nc(C(F)(F)F)c3c2-c2ccoc2CC3)cc1. The van der Waals surface area contributed by atoms with Gasteiger partial charge in [0, 0.05) is 28.8 Å². The second kappa shape index (κ2) is 7.95. The van der Waals surface area contributed by atoms with Gasteiger partial charge < -0.3 is 9.73 Å². The molecule has 0 saturated heterocycles. The Bertz CT molecular complexity index is 1330. The number of amides is 1. The van der Waals surface area contributed by atoms with E-state index in [4.69, 9.17) is 4.42 Å². The number of carbonyl (C=O) groups is 1. The van der Waals surface area contributed by atoms with Crippen LogP contribution in [0.1, 0.15) is 39.9 Å². The van der Waals surface area contributed by atoms with E-state index in [0.717, 1.165) is 17.7 Å². The molecule has 1 aliphatic rings. The van der Waals surface area contributed by atoms with Gasteiger partial charge in [-0.2, -0.15) is 18.3 Å². The molecule has 168 valence electrons. The predicted molar refractivity (Wildman–Crippen MR) is 117 cm³/mol. The Kier molecular flexibility index (Phi) is 5.08. The van der Waals surface area contributed by atoms with E-state index in [1.807, 2.05) is 31.2 Å². The van der Waals surface area contributed by atoms with Gasteiger partial charge in [-0.3, -0.25) is 4.79 Å². The molecular formula is C25H20F3N3O2. The number of nitrogens with one attached hydrogen (secondary N) is 1. The van der Waals surface area contributed by atoms with Crippen LogP contribution in [0.25, 0.3) is 16.9 Å². The van der Waals surface area contributed by atoms with Crippen LogP contribution in [0.3, 0.4) is 0 Å². The summed E-state index contributed by atoms with van der Waals surface area (Å²) in [6.45, 7) is 2.01. The Morgan fingerprint density at radius 1 is 1.09 bits per heavy atom. The number of anilines is 1. The van der Waals surface area contributed by atoms with Crippen LogP contribution >= 0.6 is 0 Å². The number of alkyl halides is 3. The molecule has 0 bridgehead atoms. The van der Waals surface area contributed by atoms with Gasteiger partial charge in [-0.15, -0.1) is 0 Å². The largest absolute Gasteiger partial charge is 0.469 e. The standard InChI is InChI=1S/C25H20F3N3O2/c1-2-15-5-3-4-6-20(15)29-24(32)16-7-9-17(10-8-16)31-22-18-13-14-33-21(18)12-11-19(22)23(30-31)25(26,27)28/h3-10,13-14H,2,11-12H2,1H3,(H,29,32). The first-order valence-electron chi connectivity index (χ1n) is 10.6. The number of para-hydroxylation sites is 1. The van der Waals surface area contributed by atoms with E-state index in [9.17, 15) is 18.0 Å². The highest BCUT2D eigenvalue weighted by Gasteiger charge is 2.41. The number of hydrogen-bond donors (Lipinski definition) is 1. The van der Waals surface area contributed by atoms with E-state index in [2.05, 4.69) is 10.4 Å². The summed E-state index contributed by atoms with van der Waals surface area (Å²) in [5.41, 5.74) is 2.84. The number of aryl methyl sites for hydroxylation is 2. The predicted octanol–water partition coefficient (Wildman–Crippen LogP) is 6.06. The van der Waals surface area contributed by atoms with Gasteiger partial charge >= 0.3 is 6.18 Å². The third kappa shape index (κ3) is 3.71. The Balaban J connectivity index is 1.50. The zero-order valence-electron chi connectivity index (χ0n) is 17.7. The van der Waals surface area contributed by atoms with Crippen molar-refractivity contribution in [2.45, 2.75) is 32.4 Å². The van der Waals surface area contributed by atoms with Gasteiger partial charge in [-0.05, 0) is 54.8 Å². The normalized spacial score (nSPS) is 12.8. The molecule has 0 saturated carbocycles. The molecule has 2 aromatic carbocycles. The molecule has 1 N–H and O–H groups in total. The molecule has 1 aliphatic carbocycles. The average molecular weight is 451 g/mol. The smallest absolute Gasteiger partial charge is 0.435 e. The first-order valence-corrected chi connectivity index (χ1v) is 10.6. The van der Waals surface area contributed by atoms with Crippen LogP contribution in [-0.4, -0.2) is 15.7 Å². The van der Waals surface area contributed by atoms with Crippen molar-refractivity contribution >= 4 is 11.6 Å². The van der Waals surface area contributed by atoms with Gasteiger partial charge in [-0.25, -0.2) is 4.68 Å². The Morgan fingerprint density at radius 2 is 1.85 bits per heavy atom. The molecule has 1 amide bonds. The van der Waals surface area contributed by atoms with Crippen LogP contribution in [-0.2, 0) is 25.4 Å². The molecule has 8 heteroatoms. The van der Waals surface area contributed by atoms with Crippen LogP contribution in [0, 0.1) is 0 Å². The van der Waals surface area contributed by atoms with E-state index in [1.165, 1.54) is 10.9 Å². The molecule has 4 aromatic rings. The molecule has 0 aliphatic heterocycles. The minimum Gasteiger partial charge on any atom is -0.469 e. The van der Waals surface area contributed by atoms with Crippen molar-refractivity contribution in [1.29, 1.82) is 0 Å². The number of benzene rings is 2. The van der Waals surface area contributed by atoms with Crippen LogP contribution < -0.4 is 5.32 Å². The van der Waals surface area contributed by atoms with Gasteiger partial charge in [0.15, 0.2) is 5.69 Å². The lowest BCUT2D eigenvalue weighted by Gasteiger charge is -2.15. The van der Waals surface area contributed by atoms with Crippen molar-refractivity contribution in [2.24, 2.45) is 0 Å². The number of fused-ring (bicyclic) bond motifs is 3. The molecule has 2 heterocycles. The number of halogens is 3. The highest BCUT2D eigenvalue weighted by Crippen LogP contribution is 2.42. The summed E-state index contributed by atoms with van der Waals surface area (Å²) in [5.74, 6) is 0.348. The Morgan fingerprint density at radius 3 is 2.58 bits per heavy atom. The van der Waals surface area contributed by atoms with Crippen molar-refractivity contribution in [2.75, 3.05) is 5.32 Å². The van der Waals surface area contributed by atoms with Gasteiger partial charge in [0.05, 0.1) is 17.6 Å². The van der Waals surface area contributed by atoms with E-state index >= 15 is 0 Å². The third-order valence-electron chi connectivity index (χ3n) is 5.88. The second-order valence-electron chi connectivity index (χ2n) is 7.85. The summed E-state index contributed by atoms with van der Waals surface area (Å²) in [6, 6.07) is 15.6. The van der Waals surface area contributed by atoms with Crippen LogP contribution in [0.5, 0.6) is 0 Å². The summed E-state index contributed by atoms with van der Waals surface area (Å²) in [4.78, 5) is 12.7. The minimum atomic E-state index is -4.57. The Hall–Kier alpha value is -3.81. The minimum absolute atomic E-state index is 0.161. The maximum atomic E-state index is 13.7. The summed E-state index contributed by atoms with van der Waals surface area (Å²) in [7, 11) is 0. The van der Waals surface area contributed by atoms with Crippen molar-refractivity contribution in [1.82, 2.24) is 9.78 Å². The van der Waals surface area contributed by atoms with E-state index in [0.29, 0.717) is 34.7 Å². The fourth-order valence-electron chi connectivity index (χ4n) is 4.26. The maximum absolute atomic E-state index is 13.7. The lowest BCUT2D eigenvalue weighted by atomic mass is 9.94. The summed E-state index contributed by atoms with van der Waals surface area (Å²) in [6.07, 6.45) is -1.73. The molecule has 0 spiro atoms. The van der Waals surface area contributed by atoms with Crippen molar-refractivity contribution < 1.29 is 22.4 Å². The number of aromatic nitrogens is 2. The van der Waals surface area contributed by atoms with Crippen LogP contribution in [0.4, 0.5) is 18.9 Å². The molecule has 0 unspecified atom stereocenters. The van der Waals surface area contributed by atoms with Crippen molar-refractivity contribution in [3.8, 4) is 16.9 Å². The quantitative estimate of drug-likeness (QED) is 0.410. The summed E-state index contributed by atoms with van der Waals surface area (Å²) >= 11 is 0. The van der Waals surface area contributed by atoms with Crippen molar-refractivity contribution in [3.63, 3.8) is 0 Å². The highest BCUT2D eigenvalue weighted by atomic mass is 19.4. The molecule has 5 nitrogen and oxygen atoms in total. The number of furan rings is 1. The lowest BCUT2D eigenvalue weighted by Crippen LogP contribution is -2.13. The third-order valence-corrected chi connectivity index (χ3v) is 5.88. The van der Waals surface area contributed by atoms with Gasteiger partial charge in [-0.1, -0.05) is 25.1 Å². The fourth-order valence-corrected chi connectivity index (χ4v) is 4.26. The second-order valence-corrected chi connectivity index (χ2v) is 7.85. The van der Waals surface area contributed by atoms with Crippen LogP contribution in [0.2, 0.25) is 0 Å². The zero-order valence-corrected chi connectivity index (χ0v) is 17.7. The highest BCUT2D eigenvalue weighted by molar-refractivity contribution is 6.04.